The van der Waals surface area contributed by atoms with E-state index in [0.717, 1.165) is 0 Å². The van der Waals surface area contributed by atoms with Crippen molar-refractivity contribution in [3.8, 4) is 0 Å². The van der Waals surface area contributed by atoms with Crippen LogP contribution in [-0.4, -0.2) is 20.4 Å². The Kier molecular flexibility index (Phi) is 4.06. The fraction of sp³-hybridized carbons (Fsp3) is 0.417. The second kappa shape index (κ2) is 4.98. The highest BCUT2D eigenvalue weighted by Gasteiger charge is 2.28. The zero-order valence-electron chi connectivity index (χ0n) is 10.4. The van der Waals surface area contributed by atoms with Crippen molar-refractivity contribution < 1.29 is 14.5 Å². The van der Waals surface area contributed by atoms with Gasteiger partial charge in [-0.3, -0.25) is 0 Å². The highest BCUT2D eigenvalue weighted by molar-refractivity contribution is 7.94. The number of rotatable bonds is 3. The number of hydrogen-bond acceptors (Lipinski definition) is 3. The molecule has 0 amide bonds. The third-order valence-corrected chi connectivity index (χ3v) is 3.76. The zero-order valence-corrected chi connectivity index (χ0v) is 11.2. The fourth-order valence-corrected chi connectivity index (χ4v) is 1.97. The van der Waals surface area contributed by atoms with E-state index in [1.165, 1.54) is 0 Å². The second-order valence-electron chi connectivity index (χ2n) is 4.79. The summed E-state index contributed by atoms with van der Waals surface area (Å²) in [6.07, 6.45) is 0. The van der Waals surface area contributed by atoms with Crippen molar-refractivity contribution >= 4 is 23.0 Å². The van der Waals surface area contributed by atoms with Gasteiger partial charge in [0.15, 0.2) is 0 Å². The minimum absolute atomic E-state index is 0.171. The molecule has 0 saturated carbocycles. The number of aryl methyl sites for hydroxylation is 1. The Labute approximate surface area is 104 Å². The third-order valence-electron chi connectivity index (χ3n) is 2.25. The predicted octanol–water partition coefficient (Wildman–Crippen LogP) is 2.57. The van der Waals surface area contributed by atoms with Crippen LogP contribution in [0, 0.1) is 6.92 Å². The maximum atomic E-state index is 11.9. The van der Waals surface area contributed by atoms with Crippen molar-refractivity contribution in [2.75, 3.05) is 4.72 Å². The molecule has 0 radical (unpaired) electrons. The molecule has 0 saturated heterocycles. The first-order chi connectivity index (χ1) is 7.73. The lowest BCUT2D eigenvalue weighted by molar-refractivity contribution is 0.0697. The molecule has 0 aliphatic heterocycles. The number of hydrogen-bond donors (Lipinski definition) is 2. The van der Waals surface area contributed by atoms with Gasteiger partial charge in [0.2, 0.25) is 0 Å². The molecule has 0 aliphatic carbocycles. The van der Waals surface area contributed by atoms with Crippen molar-refractivity contribution in [1.29, 1.82) is 0 Å². The lowest BCUT2D eigenvalue weighted by Gasteiger charge is -2.24. The highest BCUT2D eigenvalue weighted by atomic mass is 32.2. The summed E-state index contributed by atoms with van der Waals surface area (Å²) in [5.41, 5.74) is 1.21. The van der Waals surface area contributed by atoms with Gasteiger partial charge in [0.25, 0.3) is 0 Å². The third kappa shape index (κ3) is 3.38. The quantitative estimate of drug-likeness (QED) is 0.814. The van der Waals surface area contributed by atoms with Gasteiger partial charge in [-0.1, -0.05) is 12.1 Å². The number of carboxylic acid groups (broad SMARTS) is 1. The minimum Gasteiger partial charge on any atom is -0.593 e. The molecule has 0 aliphatic rings. The first-order valence-corrected chi connectivity index (χ1v) is 6.40. The molecule has 1 aromatic rings. The van der Waals surface area contributed by atoms with Crippen molar-refractivity contribution in [2.24, 2.45) is 0 Å². The molecular formula is C12H17NO3S. The Bertz CT molecular complexity index is 426. The molecule has 1 aromatic carbocycles. The van der Waals surface area contributed by atoms with E-state index in [1.807, 2.05) is 20.8 Å². The van der Waals surface area contributed by atoms with E-state index < -0.39 is 22.1 Å². The summed E-state index contributed by atoms with van der Waals surface area (Å²) in [5.74, 6) is -1.02. The van der Waals surface area contributed by atoms with Gasteiger partial charge in [-0.25, -0.2) is 9.52 Å². The van der Waals surface area contributed by atoms with Crippen LogP contribution in [0.25, 0.3) is 0 Å². The lowest BCUT2D eigenvalue weighted by Crippen LogP contribution is -2.34. The van der Waals surface area contributed by atoms with Crippen LogP contribution in [0.4, 0.5) is 5.69 Å². The average molecular weight is 255 g/mol. The van der Waals surface area contributed by atoms with Gasteiger partial charge in [-0.05, 0) is 39.3 Å². The summed E-state index contributed by atoms with van der Waals surface area (Å²) in [7, 11) is 0. The Morgan fingerprint density at radius 1 is 1.41 bits per heavy atom. The molecule has 1 unspecified atom stereocenters. The van der Waals surface area contributed by atoms with E-state index in [9.17, 15) is 9.35 Å². The SMILES string of the molecule is Cc1cccc(N[S+]([O-])C(C)(C)C)c1C(=O)O. The fourth-order valence-electron chi connectivity index (χ4n) is 1.29. The summed E-state index contributed by atoms with van der Waals surface area (Å²) in [6.45, 7) is 7.19. The Hall–Kier alpha value is -1.20. The summed E-state index contributed by atoms with van der Waals surface area (Å²) >= 11 is -1.34. The maximum absolute atomic E-state index is 11.9. The van der Waals surface area contributed by atoms with Crippen LogP contribution in [0.15, 0.2) is 18.2 Å². The first-order valence-electron chi connectivity index (χ1n) is 5.25. The standard InChI is InChI=1S/C12H17NO3S/c1-8-6-5-7-9(10(8)11(14)15)13-17(16)12(2,3)4/h5-7,13H,1-4H3,(H,14,15). The summed E-state index contributed by atoms with van der Waals surface area (Å²) in [6, 6.07) is 5.08. The molecule has 17 heavy (non-hydrogen) atoms. The number of nitrogens with one attached hydrogen (secondary N) is 1. The zero-order chi connectivity index (χ0) is 13.2. The Balaban J connectivity index is 3.07. The molecule has 5 heteroatoms. The number of benzene rings is 1. The lowest BCUT2D eigenvalue weighted by atomic mass is 10.1. The molecule has 1 atom stereocenters. The molecule has 94 valence electrons. The summed E-state index contributed by atoms with van der Waals surface area (Å²) < 4.78 is 14.2. The number of aromatic carboxylic acids is 1. The summed E-state index contributed by atoms with van der Waals surface area (Å²) in [4.78, 5) is 11.1. The molecule has 0 heterocycles. The van der Waals surface area contributed by atoms with Crippen LogP contribution in [0.2, 0.25) is 0 Å². The van der Waals surface area contributed by atoms with Gasteiger partial charge in [0.05, 0.1) is 22.6 Å². The van der Waals surface area contributed by atoms with Gasteiger partial charge in [-0.15, -0.1) is 0 Å². The maximum Gasteiger partial charge on any atom is 0.338 e. The minimum atomic E-state index is -1.34. The van der Waals surface area contributed by atoms with Crippen LogP contribution >= 0.6 is 0 Å². The molecule has 0 bridgehead atoms. The van der Waals surface area contributed by atoms with Crippen LogP contribution in [0.1, 0.15) is 36.7 Å². The second-order valence-corrected chi connectivity index (χ2v) is 6.75. The molecule has 0 aromatic heterocycles. The molecule has 2 N–H and O–H groups in total. The van der Waals surface area contributed by atoms with E-state index >= 15 is 0 Å². The average Bonchev–Trinajstić information content (AvgIpc) is 2.15. The highest BCUT2D eigenvalue weighted by Crippen LogP contribution is 2.24. The van der Waals surface area contributed by atoms with E-state index in [4.69, 9.17) is 5.11 Å². The topological polar surface area (TPSA) is 72.4 Å². The van der Waals surface area contributed by atoms with Crippen LogP contribution in [0.3, 0.4) is 0 Å². The molecule has 4 nitrogen and oxygen atoms in total. The van der Waals surface area contributed by atoms with E-state index in [-0.39, 0.29) is 5.56 Å². The van der Waals surface area contributed by atoms with Crippen LogP contribution < -0.4 is 4.72 Å². The van der Waals surface area contributed by atoms with Crippen molar-refractivity contribution in [3.05, 3.63) is 29.3 Å². The Morgan fingerprint density at radius 2 is 2.00 bits per heavy atom. The van der Waals surface area contributed by atoms with E-state index in [1.54, 1.807) is 25.1 Å². The van der Waals surface area contributed by atoms with Crippen molar-refractivity contribution in [3.63, 3.8) is 0 Å². The molecule has 1 rings (SSSR count). The number of anilines is 1. The predicted molar refractivity (Wildman–Crippen MR) is 69.7 cm³/mol. The van der Waals surface area contributed by atoms with Crippen LogP contribution in [0.5, 0.6) is 0 Å². The number of carboxylic acids is 1. The molecule has 0 fully saturated rings. The van der Waals surface area contributed by atoms with E-state index in [2.05, 4.69) is 4.72 Å². The smallest absolute Gasteiger partial charge is 0.338 e. The largest absolute Gasteiger partial charge is 0.593 e. The van der Waals surface area contributed by atoms with Crippen molar-refractivity contribution in [1.82, 2.24) is 0 Å². The van der Waals surface area contributed by atoms with Gasteiger partial charge in [0, 0.05) is 0 Å². The summed E-state index contributed by atoms with van der Waals surface area (Å²) in [5, 5.41) is 9.12. The Morgan fingerprint density at radius 3 is 2.47 bits per heavy atom. The van der Waals surface area contributed by atoms with Gasteiger partial charge in [-0.2, -0.15) is 0 Å². The van der Waals surface area contributed by atoms with E-state index in [0.29, 0.717) is 11.3 Å². The molecular weight excluding hydrogens is 238 g/mol. The number of carbonyl (C=O) groups is 1. The normalized spacial score (nSPS) is 13.2. The van der Waals surface area contributed by atoms with Crippen LogP contribution in [-0.2, 0) is 11.4 Å². The van der Waals surface area contributed by atoms with Crippen molar-refractivity contribution in [2.45, 2.75) is 32.4 Å². The molecule has 0 spiro atoms. The van der Waals surface area contributed by atoms with Gasteiger partial charge >= 0.3 is 5.97 Å². The van der Waals surface area contributed by atoms with Gasteiger partial charge in [0.1, 0.15) is 4.75 Å². The van der Waals surface area contributed by atoms with Gasteiger partial charge < -0.3 is 9.66 Å². The first kappa shape index (κ1) is 13.9. The monoisotopic (exact) mass is 255 g/mol.